The summed E-state index contributed by atoms with van der Waals surface area (Å²) in [6.45, 7) is 0.594. The molecule has 3 aliphatic rings. The van der Waals surface area contributed by atoms with E-state index >= 15 is 0 Å². The maximum atomic E-state index is 12.9. The summed E-state index contributed by atoms with van der Waals surface area (Å²) in [6, 6.07) is 9.62. The van der Waals surface area contributed by atoms with E-state index < -0.39 is 0 Å². The Hall–Kier alpha value is -1.86. The Morgan fingerprint density at radius 3 is 2.52 bits per heavy atom. The molecule has 1 saturated heterocycles. The smallest absolute Gasteiger partial charge is 0.253 e. The van der Waals surface area contributed by atoms with Crippen molar-refractivity contribution in [3.63, 3.8) is 0 Å². The van der Waals surface area contributed by atoms with Gasteiger partial charge in [0.25, 0.3) is 5.91 Å². The van der Waals surface area contributed by atoms with Gasteiger partial charge in [-0.2, -0.15) is 5.26 Å². The van der Waals surface area contributed by atoms with Crippen LogP contribution in [-0.2, 0) is 9.63 Å². The number of benzene rings is 1. The molecule has 1 atom stereocenters. The van der Waals surface area contributed by atoms with Gasteiger partial charge < -0.3 is 0 Å². The molecule has 0 N–H and O–H groups in total. The minimum absolute atomic E-state index is 0.00136. The number of hydrogen-bond donors (Lipinski definition) is 0. The Labute approximate surface area is 124 Å². The molecule has 2 aliphatic carbocycles. The van der Waals surface area contributed by atoms with E-state index in [1.165, 1.54) is 12.8 Å². The van der Waals surface area contributed by atoms with Crippen molar-refractivity contribution in [3.8, 4) is 6.07 Å². The lowest BCUT2D eigenvalue weighted by molar-refractivity contribution is -0.184. The molecule has 108 valence electrons. The zero-order valence-electron chi connectivity index (χ0n) is 11.9. The third kappa shape index (κ3) is 2.04. The molecule has 0 radical (unpaired) electrons. The molecular weight excluding hydrogens is 264 g/mol. The Balaban J connectivity index is 1.57. The van der Waals surface area contributed by atoms with Gasteiger partial charge in [-0.05, 0) is 49.3 Å². The summed E-state index contributed by atoms with van der Waals surface area (Å²) >= 11 is 0. The van der Waals surface area contributed by atoms with Crippen molar-refractivity contribution < 1.29 is 9.63 Å². The van der Waals surface area contributed by atoms with Crippen LogP contribution < -0.4 is 0 Å². The Kier molecular flexibility index (Phi) is 2.80. The molecule has 1 aromatic rings. The Morgan fingerprint density at radius 2 is 1.95 bits per heavy atom. The topological polar surface area (TPSA) is 53.3 Å². The average molecular weight is 282 g/mol. The molecule has 0 spiro atoms. The summed E-state index contributed by atoms with van der Waals surface area (Å²) in [7, 11) is 0. The highest BCUT2D eigenvalue weighted by Crippen LogP contribution is 2.62. The summed E-state index contributed by atoms with van der Waals surface area (Å²) in [4.78, 5) is 18.5. The molecule has 3 fully saturated rings. The van der Waals surface area contributed by atoms with E-state index in [1.807, 2.05) is 24.3 Å². The fraction of sp³-hybridized carbons (Fsp3) is 0.529. The fourth-order valence-electron chi connectivity index (χ4n) is 3.54. The highest BCUT2D eigenvalue weighted by molar-refractivity contribution is 5.86. The van der Waals surface area contributed by atoms with E-state index in [0.29, 0.717) is 18.1 Å². The van der Waals surface area contributed by atoms with Gasteiger partial charge in [-0.1, -0.05) is 12.1 Å². The van der Waals surface area contributed by atoms with E-state index in [4.69, 9.17) is 10.1 Å². The van der Waals surface area contributed by atoms with Crippen molar-refractivity contribution in [2.75, 3.05) is 6.61 Å². The SMILES string of the molecule is N#Cc1ccc([C@@H]2CCON2C(=O)C2(C3CC3)CC2)cc1. The standard InChI is InChI=1S/C17H18N2O2/c18-11-12-1-3-13(4-2-12)15-7-10-21-19(15)16(20)17(8-9-17)14-5-6-14/h1-4,14-15H,5-10H2/t15-/m0/s1. The van der Waals surface area contributed by atoms with Gasteiger partial charge in [0, 0.05) is 6.42 Å². The second-order valence-electron chi connectivity index (χ2n) is 6.43. The van der Waals surface area contributed by atoms with Crippen LogP contribution in [0.15, 0.2) is 24.3 Å². The van der Waals surface area contributed by atoms with E-state index in [9.17, 15) is 4.79 Å². The second-order valence-corrected chi connectivity index (χ2v) is 6.43. The monoisotopic (exact) mass is 282 g/mol. The first-order chi connectivity index (χ1) is 10.2. The second kappa shape index (κ2) is 4.57. The third-order valence-electron chi connectivity index (χ3n) is 5.10. The molecule has 21 heavy (non-hydrogen) atoms. The molecule has 2 saturated carbocycles. The molecule has 1 heterocycles. The summed E-state index contributed by atoms with van der Waals surface area (Å²) in [5.74, 6) is 0.785. The van der Waals surface area contributed by atoms with Crippen molar-refractivity contribution >= 4 is 5.91 Å². The lowest BCUT2D eigenvalue weighted by Gasteiger charge is -2.27. The Morgan fingerprint density at radius 1 is 1.24 bits per heavy atom. The number of nitriles is 1. The summed E-state index contributed by atoms with van der Waals surface area (Å²) in [6.07, 6.45) is 5.27. The van der Waals surface area contributed by atoms with Crippen molar-refractivity contribution in [1.82, 2.24) is 5.06 Å². The molecule has 4 heteroatoms. The number of nitrogens with zero attached hydrogens (tertiary/aromatic N) is 2. The highest BCUT2D eigenvalue weighted by Gasteiger charge is 2.61. The predicted octanol–water partition coefficient (Wildman–Crippen LogP) is 2.95. The largest absolute Gasteiger partial charge is 0.272 e. The molecule has 4 nitrogen and oxygen atoms in total. The van der Waals surface area contributed by atoms with Crippen LogP contribution in [0.1, 0.15) is 49.3 Å². The number of amides is 1. The van der Waals surface area contributed by atoms with Crippen molar-refractivity contribution in [1.29, 1.82) is 5.26 Å². The molecule has 0 aromatic heterocycles. The van der Waals surface area contributed by atoms with E-state index in [-0.39, 0.29) is 17.4 Å². The van der Waals surface area contributed by atoms with Gasteiger partial charge in [0.1, 0.15) is 0 Å². The lowest BCUT2D eigenvalue weighted by Crippen LogP contribution is -2.37. The number of hydrogen-bond acceptors (Lipinski definition) is 3. The summed E-state index contributed by atoms with van der Waals surface area (Å²) in [5.41, 5.74) is 1.61. The van der Waals surface area contributed by atoms with Gasteiger partial charge in [0.2, 0.25) is 0 Å². The van der Waals surface area contributed by atoms with Crippen molar-refractivity contribution in [2.24, 2.45) is 11.3 Å². The third-order valence-corrected chi connectivity index (χ3v) is 5.10. The molecule has 1 aliphatic heterocycles. The highest BCUT2D eigenvalue weighted by atomic mass is 16.7. The first-order valence-electron chi connectivity index (χ1n) is 7.71. The van der Waals surface area contributed by atoms with Crippen LogP contribution in [0.4, 0.5) is 0 Å². The van der Waals surface area contributed by atoms with Crippen molar-refractivity contribution in [2.45, 2.75) is 38.1 Å². The number of carbonyl (C=O) groups excluding carboxylic acids is 1. The van der Waals surface area contributed by atoms with Crippen LogP contribution in [-0.4, -0.2) is 17.6 Å². The minimum atomic E-state index is -0.102. The average Bonchev–Trinajstić information content (AvgIpc) is 3.42. The normalized spacial score (nSPS) is 26.4. The van der Waals surface area contributed by atoms with E-state index in [2.05, 4.69) is 6.07 Å². The lowest BCUT2D eigenvalue weighted by atomic mass is 9.97. The molecule has 0 unspecified atom stereocenters. The first-order valence-corrected chi connectivity index (χ1v) is 7.71. The van der Waals surface area contributed by atoms with Crippen LogP contribution in [0.5, 0.6) is 0 Å². The number of hydroxylamine groups is 2. The van der Waals surface area contributed by atoms with Gasteiger partial charge >= 0.3 is 0 Å². The van der Waals surface area contributed by atoms with Crippen molar-refractivity contribution in [3.05, 3.63) is 35.4 Å². The van der Waals surface area contributed by atoms with Gasteiger partial charge in [0.15, 0.2) is 0 Å². The minimum Gasteiger partial charge on any atom is -0.272 e. The molecule has 1 aromatic carbocycles. The maximum absolute atomic E-state index is 12.9. The van der Waals surface area contributed by atoms with Gasteiger partial charge in [-0.15, -0.1) is 0 Å². The zero-order chi connectivity index (χ0) is 14.4. The fourth-order valence-corrected chi connectivity index (χ4v) is 3.54. The van der Waals surface area contributed by atoms with Gasteiger partial charge in [-0.25, -0.2) is 5.06 Å². The maximum Gasteiger partial charge on any atom is 0.253 e. The van der Waals surface area contributed by atoms with E-state index in [1.54, 1.807) is 5.06 Å². The van der Waals surface area contributed by atoms with E-state index in [0.717, 1.165) is 24.8 Å². The first kappa shape index (κ1) is 12.8. The zero-order valence-corrected chi connectivity index (χ0v) is 11.9. The molecule has 0 bridgehead atoms. The van der Waals surface area contributed by atoms with Crippen LogP contribution in [0.2, 0.25) is 0 Å². The van der Waals surface area contributed by atoms with Crippen LogP contribution in [0.25, 0.3) is 0 Å². The van der Waals surface area contributed by atoms with Crippen LogP contribution in [0, 0.1) is 22.7 Å². The molecule has 4 rings (SSSR count). The summed E-state index contributed by atoms with van der Waals surface area (Å²) < 4.78 is 0. The summed E-state index contributed by atoms with van der Waals surface area (Å²) in [5, 5.41) is 10.5. The Bertz CT molecular complexity index is 609. The number of carbonyl (C=O) groups is 1. The predicted molar refractivity (Wildman–Crippen MR) is 75.7 cm³/mol. The molecular formula is C17H18N2O2. The van der Waals surface area contributed by atoms with Gasteiger partial charge in [0.05, 0.1) is 29.7 Å². The van der Waals surface area contributed by atoms with Crippen LogP contribution in [0.3, 0.4) is 0 Å². The molecule has 1 amide bonds. The van der Waals surface area contributed by atoms with Gasteiger partial charge in [-0.3, -0.25) is 9.63 Å². The van der Waals surface area contributed by atoms with Crippen LogP contribution >= 0.6 is 0 Å². The number of rotatable bonds is 3. The quantitative estimate of drug-likeness (QED) is 0.856.